The Labute approximate surface area is 236 Å². The summed E-state index contributed by atoms with van der Waals surface area (Å²) >= 11 is 1.62. The topological polar surface area (TPSA) is 90.4 Å². The molecular formula is C30H41N3O5S. The summed E-state index contributed by atoms with van der Waals surface area (Å²) in [7, 11) is 0. The zero-order chi connectivity index (χ0) is 28.3. The molecule has 4 rings (SSSR count). The van der Waals surface area contributed by atoms with Gasteiger partial charge >= 0.3 is 5.97 Å². The summed E-state index contributed by atoms with van der Waals surface area (Å²) in [6.45, 7) is 16.1. The summed E-state index contributed by atoms with van der Waals surface area (Å²) in [5.74, 6) is -1.97. The van der Waals surface area contributed by atoms with Crippen LogP contribution in [0.2, 0.25) is 0 Å². The fourth-order valence-electron chi connectivity index (χ4n) is 6.82. The molecule has 1 spiro atoms. The molecule has 2 bridgehead atoms. The van der Waals surface area contributed by atoms with Crippen molar-refractivity contribution < 1.29 is 24.2 Å². The van der Waals surface area contributed by atoms with Crippen molar-refractivity contribution >= 4 is 40.9 Å². The number of esters is 1. The van der Waals surface area contributed by atoms with Gasteiger partial charge in [0.1, 0.15) is 12.6 Å². The summed E-state index contributed by atoms with van der Waals surface area (Å²) in [5.41, 5.74) is 1.81. The Balaban J connectivity index is 1.74. The van der Waals surface area contributed by atoms with Gasteiger partial charge in [-0.15, -0.1) is 18.3 Å². The van der Waals surface area contributed by atoms with Crippen molar-refractivity contribution in [3.8, 4) is 0 Å². The summed E-state index contributed by atoms with van der Waals surface area (Å²) < 4.78 is 4.70. The maximum atomic E-state index is 14.6. The number of ether oxygens (including phenoxy) is 1. The summed E-state index contributed by atoms with van der Waals surface area (Å²) in [6, 6.07) is 7.15. The standard InChI is InChI=1S/C30H41N3O5S/c1-6-15-32(22-13-11-21(12-14-22)31(8-3)9-4)28(36)26-30-20(5)19-23(39-30)24(29(37)38-18-7-2)25(30)27(35)33(26)16-10-17-34/h6-7,11-14,20,23-26,34H,1-2,8-10,15-19H2,3-5H3/t20?,23-,24+,25+,26?,30?/m1/s1. The molecule has 6 atom stereocenters. The third-order valence-electron chi connectivity index (χ3n) is 8.52. The van der Waals surface area contributed by atoms with Crippen molar-refractivity contribution in [2.45, 2.75) is 49.7 Å². The quantitative estimate of drug-likeness (QED) is 0.294. The molecule has 39 heavy (non-hydrogen) atoms. The minimum Gasteiger partial charge on any atom is -0.461 e. The van der Waals surface area contributed by atoms with Crippen LogP contribution in [0.3, 0.4) is 0 Å². The minimum absolute atomic E-state index is 0.0496. The normalized spacial score (nSPS) is 28.8. The van der Waals surface area contributed by atoms with E-state index in [1.54, 1.807) is 27.6 Å². The number of hydrogen-bond donors (Lipinski definition) is 1. The van der Waals surface area contributed by atoms with Crippen LogP contribution in [0.15, 0.2) is 49.6 Å². The summed E-state index contributed by atoms with van der Waals surface area (Å²) in [5, 5.41) is 9.52. The van der Waals surface area contributed by atoms with Gasteiger partial charge in [0.15, 0.2) is 0 Å². The average Bonchev–Trinajstić information content (AvgIpc) is 3.53. The predicted octanol–water partition coefficient (Wildman–Crippen LogP) is 3.50. The first-order chi connectivity index (χ1) is 18.8. The Kier molecular flexibility index (Phi) is 9.11. The first kappa shape index (κ1) is 29.2. The molecule has 3 unspecified atom stereocenters. The first-order valence-corrected chi connectivity index (χ1v) is 14.8. The van der Waals surface area contributed by atoms with E-state index in [1.165, 1.54) is 6.08 Å². The average molecular weight is 556 g/mol. The van der Waals surface area contributed by atoms with Crippen LogP contribution in [0.5, 0.6) is 0 Å². The number of amides is 2. The van der Waals surface area contributed by atoms with Gasteiger partial charge in [-0.05, 0) is 56.9 Å². The molecule has 3 aliphatic heterocycles. The van der Waals surface area contributed by atoms with E-state index in [0.717, 1.165) is 30.9 Å². The zero-order valence-electron chi connectivity index (χ0n) is 23.3. The number of carbonyl (C=O) groups excluding carboxylic acids is 3. The molecule has 9 heteroatoms. The summed E-state index contributed by atoms with van der Waals surface area (Å²) in [4.78, 5) is 47.3. The maximum Gasteiger partial charge on any atom is 0.311 e. The second-order valence-electron chi connectivity index (χ2n) is 10.5. The van der Waals surface area contributed by atoms with Crippen LogP contribution < -0.4 is 9.80 Å². The Bertz CT molecular complexity index is 1090. The summed E-state index contributed by atoms with van der Waals surface area (Å²) in [6.07, 6.45) is 4.30. The molecule has 2 amide bonds. The molecule has 0 aliphatic carbocycles. The van der Waals surface area contributed by atoms with Gasteiger partial charge in [0.05, 0.1) is 16.6 Å². The van der Waals surface area contributed by atoms with E-state index in [-0.39, 0.29) is 49.3 Å². The van der Waals surface area contributed by atoms with E-state index in [9.17, 15) is 19.5 Å². The SMILES string of the molecule is C=CCOC(=O)[C@@H]1[C@H]2C(=O)N(CCCO)C(C(=O)N(CC=C)c3ccc(N(CC)CC)cc3)C23S[C@@H]1CC3C. The molecule has 3 heterocycles. The predicted molar refractivity (Wildman–Crippen MR) is 156 cm³/mol. The largest absolute Gasteiger partial charge is 0.461 e. The zero-order valence-corrected chi connectivity index (χ0v) is 24.1. The van der Waals surface area contributed by atoms with Gasteiger partial charge in [0, 0.05) is 49.4 Å². The van der Waals surface area contributed by atoms with Gasteiger partial charge in [-0.2, -0.15) is 0 Å². The van der Waals surface area contributed by atoms with Gasteiger partial charge in [-0.25, -0.2) is 0 Å². The number of hydrogen-bond acceptors (Lipinski definition) is 7. The molecule has 0 aromatic heterocycles. The lowest BCUT2D eigenvalue weighted by atomic mass is 9.66. The van der Waals surface area contributed by atoms with Crippen LogP contribution in [0, 0.1) is 17.8 Å². The Morgan fingerprint density at radius 2 is 1.85 bits per heavy atom. The molecule has 1 aromatic carbocycles. The molecule has 8 nitrogen and oxygen atoms in total. The fourth-order valence-corrected chi connectivity index (χ4v) is 9.22. The van der Waals surface area contributed by atoms with Gasteiger partial charge in [-0.3, -0.25) is 14.4 Å². The van der Waals surface area contributed by atoms with Crippen molar-refractivity contribution in [1.29, 1.82) is 0 Å². The van der Waals surface area contributed by atoms with Crippen molar-refractivity contribution in [3.63, 3.8) is 0 Å². The Morgan fingerprint density at radius 3 is 2.44 bits per heavy atom. The molecule has 1 N–H and O–H groups in total. The van der Waals surface area contributed by atoms with E-state index in [4.69, 9.17) is 4.74 Å². The number of carbonyl (C=O) groups is 3. The van der Waals surface area contributed by atoms with Crippen molar-refractivity contribution in [2.75, 3.05) is 49.2 Å². The highest BCUT2D eigenvalue weighted by atomic mass is 32.2. The number of fused-ring (bicyclic) bond motifs is 1. The molecule has 3 saturated heterocycles. The number of thioether (sulfide) groups is 1. The van der Waals surface area contributed by atoms with Crippen molar-refractivity contribution in [1.82, 2.24) is 4.90 Å². The lowest BCUT2D eigenvalue weighted by Gasteiger charge is -2.40. The lowest BCUT2D eigenvalue weighted by Crippen LogP contribution is -2.57. The number of nitrogens with zero attached hydrogens (tertiary/aromatic N) is 3. The number of likely N-dealkylation sites (tertiary alicyclic amines) is 1. The monoisotopic (exact) mass is 555 g/mol. The van der Waals surface area contributed by atoms with Crippen LogP contribution in [-0.4, -0.2) is 83.2 Å². The van der Waals surface area contributed by atoms with Crippen LogP contribution in [-0.2, 0) is 19.1 Å². The third kappa shape index (κ3) is 4.88. The van der Waals surface area contributed by atoms with Gasteiger partial charge in [-0.1, -0.05) is 25.7 Å². The molecular weight excluding hydrogens is 514 g/mol. The molecule has 0 radical (unpaired) electrons. The van der Waals surface area contributed by atoms with Crippen LogP contribution in [0.4, 0.5) is 11.4 Å². The molecule has 0 saturated carbocycles. The van der Waals surface area contributed by atoms with Gasteiger partial charge in [0.25, 0.3) is 5.91 Å². The third-order valence-corrected chi connectivity index (χ3v) is 10.6. The maximum absolute atomic E-state index is 14.6. The first-order valence-electron chi connectivity index (χ1n) is 13.9. The minimum atomic E-state index is -0.758. The Hall–Kier alpha value is -2.78. The van der Waals surface area contributed by atoms with Crippen molar-refractivity contribution in [3.05, 3.63) is 49.6 Å². The van der Waals surface area contributed by atoms with Crippen molar-refractivity contribution in [2.24, 2.45) is 17.8 Å². The van der Waals surface area contributed by atoms with E-state index < -0.39 is 28.6 Å². The number of aliphatic hydroxyl groups excluding tert-OH is 1. The molecule has 1 aromatic rings. The molecule has 212 valence electrons. The van der Waals surface area contributed by atoms with Crippen LogP contribution in [0.25, 0.3) is 0 Å². The number of benzene rings is 1. The Morgan fingerprint density at radius 1 is 1.18 bits per heavy atom. The fraction of sp³-hybridized carbons (Fsp3) is 0.567. The van der Waals surface area contributed by atoms with Gasteiger partial charge < -0.3 is 24.5 Å². The highest BCUT2D eigenvalue weighted by Crippen LogP contribution is 2.68. The van der Waals surface area contributed by atoms with E-state index in [1.807, 2.05) is 24.3 Å². The van der Waals surface area contributed by atoms with Crippen LogP contribution in [0.1, 0.15) is 33.6 Å². The molecule has 3 fully saturated rings. The lowest BCUT2D eigenvalue weighted by molar-refractivity contribution is -0.153. The molecule has 3 aliphatic rings. The van der Waals surface area contributed by atoms with Crippen LogP contribution >= 0.6 is 11.8 Å². The highest BCUT2D eigenvalue weighted by Gasteiger charge is 2.76. The number of anilines is 2. The highest BCUT2D eigenvalue weighted by molar-refractivity contribution is 8.02. The van der Waals surface area contributed by atoms with Gasteiger partial charge in [0.2, 0.25) is 5.91 Å². The van der Waals surface area contributed by atoms with E-state index in [0.29, 0.717) is 6.42 Å². The number of rotatable bonds is 13. The van der Waals surface area contributed by atoms with E-state index in [2.05, 4.69) is 38.8 Å². The smallest absolute Gasteiger partial charge is 0.311 e. The second kappa shape index (κ2) is 12.2. The second-order valence-corrected chi connectivity index (χ2v) is 12.1. The van der Waals surface area contributed by atoms with E-state index >= 15 is 0 Å². The number of aliphatic hydroxyl groups is 1.